The monoisotopic (exact) mass is 534 g/mol. The second-order valence-electron chi connectivity index (χ2n) is 10.4. The second-order valence-corrected chi connectivity index (χ2v) is 10.4. The molecular formula is C27H29FN7O4+. The zero-order chi connectivity index (χ0) is 27.3. The minimum Gasteiger partial charge on any atom is -0.468 e. The van der Waals surface area contributed by atoms with Gasteiger partial charge in [-0.05, 0) is 23.8 Å². The highest BCUT2D eigenvalue weighted by atomic mass is 19.1. The van der Waals surface area contributed by atoms with Crippen molar-refractivity contribution in [3.05, 3.63) is 48.0 Å². The first-order valence-electron chi connectivity index (χ1n) is 12.9. The summed E-state index contributed by atoms with van der Waals surface area (Å²) in [4.78, 5) is 38.0. The van der Waals surface area contributed by atoms with Crippen molar-refractivity contribution in [2.75, 3.05) is 40.3 Å². The number of hydrogen-bond acceptors (Lipinski definition) is 6. The van der Waals surface area contributed by atoms with Gasteiger partial charge in [-0.25, -0.2) is 8.98 Å². The van der Waals surface area contributed by atoms with Crippen LogP contribution in [0.1, 0.15) is 24.5 Å². The lowest BCUT2D eigenvalue weighted by atomic mass is 9.89. The number of nitrogens with one attached hydrogen (secondary N) is 2. The molecule has 1 saturated heterocycles. The number of methoxy groups -OCH3 is 1. The Morgan fingerprint density at radius 2 is 1.85 bits per heavy atom. The Kier molecular flexibility index (Phi) is 6.06. The van der Waals surface area contributed by atoms with Gasteiger partial charge in [-0.1, -0.05) is 12.1 Å². The van der Waals surface area contributed by atoms with Crippen molar-refractivity contribution in [1.82, 2.24) is 34.9 Å². The lowest BCUT2D eigenvalue weighted by Gasteiger charge is -2.38. The predicted octanol–water partition coefficient (Wildman–Crippen LogP) is 1.56. The zero-order valence-electron chi connectivity index (χ0n) is 21.7. The SMILES string of the molecule is COC(=O)CNC(=O)CNC(=O)Cn1nc2c3c(cccc31)-c1cc3c(cnn3[N+]3(C)CCC2CC3)cc1F. The Bertz CT molecular complexity index is 1630. The molecule has 3 aliphatic heterocycles. The summed E-state index contributed by atoms with van der Waals surface area (Å²) in [5.74, 6) is -1.70. The summed E-state index contributed by atoms with van der Waals surface area (Å²) >= 11 is 0. The highest BCUT2D eigenvalue weighted by molar-refractivity contribution is 6.00. The zero-order valence-corrected chi connectivity index (χ0v) is 21.7. The molecule has 2 N–H and O–H groups in total. The number of hydrogen-bond donors (Lipinski definition) is 2. The first-order chi connectivity index (χ1) is 18.8. The molecule has 39 heavy (non-hydrogen) atoms. The summed E-state index contributed by atoms with van der Waals surface area (Å²) in [5, 5.41) is 16.1. The summed E-state index contributed by atoms with van der Waals surface area (Å²) in [6.45, 7) is 1.01. The number of aromatic nitrogens is 4. The van der Waals surface area contributed by atoms with Crippen molar-refractivity contribution in [1.29, 1.82) is 0 Å². The van der Waals surface area contributed by atoms with E-state index >= 15 is 4.39 Å². The molecule has 1 fully saturated rings. The molecule has 202 valence electrons. The number of halogens is 1. The van der Waals surface area contributed by atoms with Crippen LogP contribution in [0.2, 0.25) is 0 Å². The molecule has 11 nitrogen and oxygen atoms in total. The molecule has 0 radical (unpaired) electrons. The van der Waals surface area contributed by atoms with Crippen LogP contribution < -0.4 is 15.2 Å². The van der Waals surface area contributed by atoms with Crippen molar-refractivity contribution in [2.45, 2.75) is 25.3 Å². The Morgan fingerprint density at radius 1 is 1.08 bits per heavy atom. The van der Waals surface area contributed by atoms with Crippen LogP contribution >= 0.6 is 0 Å². The van der Waals surface area contributed by atoms with Gasteiger partial charge in [0.05, 0.1) is 38.1 Å². The predicted molar refractivity (Wildman–Crippen MR) is 142 cm³/mol. The highest BCUT2D eigenvalue weighted by Crippen LogP contribution is 2.41. The third-order valence-corrected chi connectivity index (χ3v) is 7.89. The summed E-state index contributed by atoms with van der Waals surface area (Å²) in [7, 11) is 3.37. The maximum absolute atomic E-state index is 15.5. The quantitative estimate of drug-likeness (QED) is 0.286. The van der Waals surface area contributed by atoms with Gasteiger partial charge in [-0.15, -0.1) is 9.89 Å². The van der Waals surface area contributed by atoms with E-state index < -0.39 is 17.8 Å². The number of piperidine rings is 1. The van der Waals surface area contributed by atoms with Gasteiger partial charge in [0.15, 0.2) is 0 Å². The van der Waals surface area contributed by atoms with Crippen LogP contribution in [-0.4, -0.2) is 77.8 Å². The summed E-state index contributed by atoms with van der Waals surface area (Å²) in [5.41, 5.74) is 3.66. The van der Waals surface area contributed by atoms with Gasteiger partial charge >= 0.3 is 5.97 Å². The third-order valence-electron chi connectivity index (χ3n) is 7.89. The van der Waals surface area contributed by atoms with Crippen LogP contribution in [-0.2, 0) is 25.7 Å². The highest BCUT2D eigenvalue weighted by Gasteiger charge is 2.38. The number of amides is 2. The average molecular weight is 535 g/mol. The molecule has 4 bridgehead atoms. The van der Waals surface area contributed by atoms with Gasteiger partial charge in [0.25, 0.3) is 0 Å². The number of ether oxygens (including phenoxy) is 1. The fraction of sp³-hybridized carbons (Fsp3) is 0.370. The van der Waals surface area contributed by atoms with Gasteiger partial charge in [0.1, 0.15) is 37.5 Å². The molecule has 7 rings (SSSR count). The van der Waals surface area contributed by atoms with E-state index in [4.69, 9.17) is 5.10 Å². The van der Waals surface area contributed by atoms with Crippen LogP contribution in [0.3, 0.4) is 0 Å². The van der Waals surface area contributed by atoms with Crippen LogP contribution in [0.15, 0.2) is 36.5 Å². The van der Waals surface area contributed by atoms with Crippen molar-refractivity contribution >= 4 is 39.6 Å². The van der Waals surface area contributed by atoms with E-state index in [-0.39, 0.29) is 31.4 Å². The van der Waals surface area contributed by atoms with Crippen molar-refractivity contribution in [3.63, 3.8) is 0 Å². The van der Waals surface area contributed by atoms with Gasteiger partial charge in [-0.2, -0.15) is 5.10 Å². The van der Waals surface area contributed by atoms with Crippen molar-refractivity contribution < 1.29 is 23.5 Å². The normalized spacial score (nSPS) is 19.7. The molecule has 0 saturated carbocycles. The number of fused-ring (bicyclic) bond motifs is 2. The second kappa shape index (κ2) is 9.45. The summed E-state index contributed by atoms with van der Waals surface area (Å²) in [6.07, 6.45) is 3.45. The summed E-state index contributed by atoms with van der Waals surface area (Å²) < 4.78 is 22.3. The molecule has 2 aromatic carbocycles. The standard InChI is InChI=1S/C27H28FN7O4/c1-35-8-6-16(7-9-35)27-26-18(19-11-22-17(10-20(19)28)12-31-34(22)35)4-3-5-21(26)33(32-27)15-24(37)29-13-23(36)30-14-25(38)39-2/h3-5,10-12,16H,6-9,13-15H2,1-2H3,(H-,29,30,36,37)/p+1. The molecule has 5 heterocycles. The Balaban J connectivity index is 1.37. The Hall–Kier alpha value is -4.32. The maximum Gasteiger partial charge on any atom is 0.325 e. The van der Waals surface area contributed by atoms with Crippen molar-refractivity contribution in [2.24, 2.45) is 0 Å². The lowest BCUT2D eigenvalue weighted by Crippen LogP contribution is -2.59. The first-order valence-corrected chi connectivity index (χ1v) is 12.9. The van der Waals surface area contributed by atoms with E-state index in [0.717, 1.165) is 59.0 Å². The minimum absolute atomic E-state index is 0.112. The number of benzene rings is 2. The van der Waals surface area contributed by atoms with Crippen molar-refractivity contribution in [3.8, 4) is 11.1 Å². The average Bonchev–Trinajstić information content (AvgIpc) is 3.51. The third kappa shape index (κ3) is 4.30. The molecule has 3 aliphatic rings. The van der Waals surface area contributed by atoms with Crippen LogP contribution in [0, 0.1) is 5.82 Å². The number of rotatable bonds is 6. The molecule has 12 heteroatoms. The van der Waals surface area contributed by atoms with E-state index in [1.54, 1.807) is 10.9 Å². The maximum atomic E-state index is 15.5. The molecular weight excluding hydrogens is 505 g/mol. The molecule has 0 spiro atoms. The van der Waals surface area contributed by atoms with E-state index in [1.807, 2.05) is 29.1 Å². The number of quaternary nitrogens is 1. The molecule has 2 aromatic heterocycles. The van der Waals surface area contributed by atoms with Crippen LogP contribution in [0.25, 0.3) is 32.9 Å². The molecule has 0 atom stereocenters. The smallest absolute Gasteiger partial charge is 0.325 e. The Morgan fingerprint density at radius 3 is 2.62 bits per heavy atom. The molecule has 0 unspecified atom stereocenters. The van der Waals surface area contributed by atoms with Gasteiger partial charge in [0.2, 0.25) is 11.8 Å². The number of carbonyl (C=O) groups excluding carboxylic acids is 3. The number of carbonyl (C=O) groups is 3. The van der Waals surface area contributed by atoms with E-state index in [1.165, 1.54) is 13.2 Å². The lowest BCUT2D eigenvalue weighted by molar-refractivity contribution is -0.141. The van der Waals surface area contributed by atoms with Gasteiger partial charge < -0.3 is 15.4 Å². The molecule has 2 amide bonds. The molecule has 4 aromatic rings. The van der Waals surface area contributed by atoms with Gasteiger partial charge in [-0.3, -0.25) is 19.1 Å². The van der Waals surface area contributed by atoms with E-state index in [0.29, 0.717) is 10.2 Å². The summed E-state index contributed by atoms with van der Waals surface area (Å²) in [6, 6.07) is 9.03. The van der Waals surface area contributed by atoms with E-state index in [2.05, 4.69) is 27.5 Å². The minimum atomic E-state index is -0.581. The van der Waals surface area contributed by atoms with Crippen LogP contribution in [0.5, 0.6) is 0 Å². The fourth-order valence-corrected chi connectivity index (χ4v) is 5.78. The largest absolute Gasteiger partial charge is 0.468 e. The van der Waals surface area contributed by atoms with Crippen LogP contribution in [0.4, 0.5) is 4.39 Å². The fourth-order valence-electron chi connectivity index (χ4n) is 5.78. The number of nitrogens with zero attached hydrogens (tertiary/aromatic N) is 5. The number of esters is 1. The topological polar surface area (TPSA) is 120 Å². The Labute approximate surface area is 223 Å². The van der Waals surface area contributed by atoms with E-state index in [9.17, 15) is 14.4 Å². The van der Waals surface area contributed by atoms with Gasteiger partial charge in [0, 0.05) is 35.1 Å². The molecule has 0 aliphatic carbocycles. The first kappa shape index (κ1) is 25.0.